The highest BCUT2D eigenvalue weighted by atomic mass is 16.4. The lowest BCUT2D eigenvalue weighted by Gasteiger charge is -2.30. The highest BCUT2D eigenvalue weighted by molar-refractivity contribution is 5.77. The molecule has 1 amide bonds. The van der Waals surface area contributed by atoms with Gasteiger partial charge in [-0.05, 0) is 24.5 Å². The number of hydrogen-bond acceptors (Lipinski definition) is 5. The van der Waals surface area contributed by atoms with Crippen LogP contribution in [0.2, 0.25) is 0 Å². The van der Waals surface area contributed by atoms with E-state index in [1.807, 2.05) is 41.3 Å². The fourth-order valence-corrected chi connectivity index (χ4v) is 2.79. The second-order valence-electron chi connectivity index (χ2n) is 5.73. The Bertz CT molecular complexity index is 781. The standard InChI is InChI=1S/C18H18N4O2/c19-12-15-18(22-10-8-14(9-11-22)17(20)23)24-16(21-15)7-6-13-4-2-1-3-5-13/h1-7,14H,8-11H2,(H2,20,23). The van der Waals surface area contributed by atoms with E-state index in [4.69, 9.17) is 10.2 Å². The minimum absolute atomic E-state index is 0.104. The van der Waals surface area contributed by atoms with Crippen molar-refractivity contribution in [3.63, 3.8) is 0 Å². The topological polar surface area (TPSA) is 96.2 Å². The Hall–Kier alpha value is -3.07. The number of aromatic nitrogens is 1. The van der Waals surface area contributed by atoms with Crippen molar-refractivity contribution in [2.45, 2.75) is 12.8 Å². The molecule has 1 aliphatic rings. The molecular weight excluding hydrogens is 304 g/mol. The molecule has 2 aromatic rings. The maximum Gasteiger partial charge on any atom is 0.235 e. The average Bonchev–Trinajstić information content (AvgIpc) is 3.04. The third-order valence-electron chi connectivity index (χ3n) is 4.13. The summed E-state index contributed by atoms with van der Waals surface area (Å²) in [6, 6.07) is 11.9. The van der Waals surface area contributed by atoms with Gasteiger partial charge in [-0.1, -0.05) is 30.3 Å². The molecule has 122 valence electrons. The normalized spacial score (nSPS) is 15.5. The molecule has 0 atom stereocenters. The summed E-state index contributed by atoms with van der Waals surface area (Å²) in [6.45, 7) is 1.25. The van der Waals surface area contributed by atoms with Gasteiger partial charge < -0.3 is 15.1 Å². The Kier molecular flexibility index (Phi) is 4.62. The monoisotopic (exact) mass is 322 g/mol. The van der Waals surface area contributed by atoms with E-state index in [1.165, 1.54) is 0 Å². The molecule has 6 heteroatoms. The molecule has 1 fully saturated rings. The highest BCUT2D eigenvalue weighted by Gasteiger charge is 2.27. The lowest BCUT2D eigenvalue weighted by Crippen LogP contribution is -2.38. The van der Waals surface area contributed by atoms with E-state index >= 15 is 0 Å². The van der Waals surface area contributed by atoms with E-state index in [0.717, 1.165) is 5.56 Å². The zero-order chi connectivity index (χ0) is 16.9. The van der Waals surface area contributed by atoms with Crippen LogP contribution in [0.5, 0.6) is 0 Å². The number of carbonyl (C=O) groups excluding carboxylic acids is 1. The summed E-state index contributed by atoms with van der Waals surface area (Å²) < 4.78 is 5.75. The minimum atomic E-state index is -0.265. The predicted molar refractivity (Wildman–Crippen MR) is 90.7 cm³/mol. The molecule has 1 aromatic heterocycles. The summed E-state index contributed by atoms with van der Waals surface area (Å²) in [5.41, 5.74) is 6.64. The minimum Gasteiger partial charge on any atom is -0.420 e. The molecule has 0 unspecified atom stereocenters. The van der Waals surface area contributed by atoms with Crippen molar-refractivity contribution in [1.82, 2.24) is 4.98 Å². The maximum atomic E-state index is 11.3. The van der Waals surface area contributed by atoms with Crippen molar-refractivity contribution in [2.75, 3.05) is 18.0 Å². The first-order valence-corrected chi connectivity index (χ1v) is 7.85. The highest BCUT2D eigenvalue weighted by Crippen LogP contribution is 2.27. The number of piperidine rings is 1. The molecule has 6 nitrogen and oxygen atoms in total. The van der Waals surface area contributed by atoms with Crippen LogP contribution in [0.15, 0.2) is 34.7 Å². The van der Waals surface area contributed by atoms with Gasteiger partial charge in [-0.25, -0.2) is 0 Å². The first-order chi connectivity index (χ1) is 11.7. The van der Waals surface area contributed by atoms with Crippen LogP contribution in [0.25, 0.3) is 12.2 Å². The number of oxazole rings is 1. The van der Waals surface area contributed by atoms with Crippen LogP contribution in [0, 0.1) is 17.2 Å². The van der Waals surface area contributed by atoms with Crippen LogP contribution in [0.3, 0.4) is 0 Å². The van der Waals surface area contributed by atoms with Gasteiger partial charge in [0.15, 0.2) is 0 Å². The Balaban J connectivity index is 1.75. The number of amides is 1. The summed E-state index contributed by atoms with van der Waals surface area (Å²) in [7, 11) is 0. The Morgan fingerprint density at radius 1 is 1.29 bits per heavy atom. The van der Waals surface area contributed by atoms with Crippen molar-refractivity contribution in [3.8, 4) is 6.07 Å². The fourth-order valence-electron chi connectivity index (χ4n) is 2.79. The molecule has 0 radical (unpaired) electrons. The lowest BCUT2D eigenvalue weighted by atomic mass is 9.96. The number of primary amides is 1. The van der Waals surface area contributed by atoms with E-state index in [9.17, 15) is 10.1 Å². The van der Waals surface area contributed by atoms with Crippen molar-refractivity contribution in [2.24, 2.45) is 11.7 Å². The van der Waals surface area contributed by atoms with Crippen LogP contribution in [-0.4, -0.2) is 24.0 Å². The van der Waals surface area contributed by atoms with E-state index in [0.29, 0.717) is 37.7 Å². The number of carbonyl (C=O) groups is 1. The smallest absolute Gasteiger partial charge is 0.235 e. The van der Waals surface area contributed by atoms with Gasteiger partial charge in [0, 0.05) is 25.1 Å². The molecule has 0 aliphatic carbocycles. The third-order valence-corrected chi connectivity index (χ3v) is 4.13. The SMILES string of the molecule is N#Cc1nc(C=Cc2ccccc2)oc1N1CCC(C(N)=O)CC1. The molecule has 3 rings (SSSR count). The number of nitrogens with zero attached hydrogens (tertiary/aromatic N) is 3. The molecule has 0 spiro atoms. The quantitative estimate of drug-likeness (QED) is 0.932. The van der Waals surface area contributed by atoms with Crippen molar-refractivity contribution >= 4 is 23.9 Å². The van der Waals surface area contributed by atoms with Gasteiger partial charge in [0.1, 0.15) is 6.07 Å². The molecule has 1 aliphatic heterocycles. The second-order valence-corrected chi connectivity index (χ2v) is 5.73. The van der Waals surface area contributed by atoms with Gasteiger partial charge in [0.25, 0.3) is 0 Å². The number of rotatable bonds is 4. The van der Waals surface area contributed by atoms with E-state index in [-0.39, 0.29) is 17.5 Å². The molecule has 24 heavy (non-hydrogen) atoms. The van der Waals surface area contributed by atoms with Crippen molar-refractivity contribution in [1.29, 1.82) is 5.26 Å². The summed E-state index contributed by atoms with van der Waals surface area (Å²) in [5.74, 6) is 0.488. The average molecular weight is 322 g/mol. The molecule has 0 bridgehead atoms. The van der Waals surface area contributed by atoms with Crippen LogP contribution in [0.4, 0.5) is 5.88 Å². The van der Waals surface area contributed by atoms with Crippen LogP contribution in [-0.2, 0) is 4.79 Å². The summed E-state index contributed by atoms with van der Waals surface area (Å²) in [5, 5.41) is 9.29. The zero-order valence-corrected chi connectivity index (χ0v) is 13.2. The van der Waals surface area contributed by atoms with Crippen LogP contribution < -0.4 is 10.6 Å². The van der Waals surface area contributed by atoms with E-state index in [1.54, 1.807) is 6.08 Å². The molecule has 1 saturated heterocycles. The molecule has 2 N–H and O–H groups in total. The van der Waals surface area contributed by atoms with Gasteiger partial charge in [-0.2, -0.15) is 10.2 Å². The largest absolute Gasteiger partial charge is 0.420 e. The number of nitriles is 1. The van der Waals surface area contributed by atoms with Gasteiger partial charge in [0.2, 0.25) is 23.4 Å². The number of nitrogens with two attached hydrogens (primary N) is 1. The maximum absolute atomic E-state index is 11.3. The lowest BCUT2D eigenvalue weighted by molar-refractivity contribution is -0.122. The Morgan fingerprint density at radius 3 is 2.62 bits per heavy atom. The van der Waals surface area contributed by atoms with E-state index in [2.05, 4.69) is 11.1 Å². The van der Waals surface area contributed by atoms with Crippen LogP contribution in [0.1, 0.15) is 30.0 Å². The number of anilines is 1. The molecular formula is C18H18N4O2. The van der Waals surface area contributed by atoms with Crippen molar-refractivity contribution < 1.29 is 9.21 Å². The molecule has 1 aromatic carbocycles. The Labute approximate surface area is 140 Å². The third kappa shape index (κ3) is 3.46. The molecule has 0 saturated carbocycles. The predicted octanol–water partition coefficient (Wildman–Crippen LogP) is 2.42. The first-order valence-electron chi connectivity index (χ1n) is 7.85. The zero-order valence-electron chi connectivity index (χ0n) is 13.2. The van der Waals surface area contributed by atoms with Gasteiger partial charge >= 0.3 is 0 Å². The Morgan fingerprint density at radius 2 is 2.00 bits per heavy atom. The van der Waals surface area contributed by atoms with Gasteiger partial charge in [-0.15, -0.1) is 0 Å². The van der Waals surface area contributed by atoms with E-state index < -0.39 is 0 Å². The summed E-state index contributed by atoms with van der Waals surface area (Å²) >= 11 is 0. The number of hydrogen-bond donors (Lipinski definition) is 1. The first kappa shape index (κ1) is 15.8. The van der Waals surface area contributed by atoms with Gasteiger partial charge in [-0.3, -0.25) is 4.79 Å². The summed E-state index contributed by atoms with van der Waals surface area (Å²) in [6.07, 6.45) is 4.96. The summed E-state index contributed by atoms with van der Waals surface area (Å²) in [4.78, 5) is 17.4. The van der Waals surface area contributed by atoms with Crippen LogP contribution >= 0.6 is 0 Å². The molecule has 2 heterocycles. The van der Waals surface area contributed by atoms with Crippen molar-refractivity contribution in [3.05, 3.63) is 47.5 Å². The second kappa shape index (κ2) is 7.01. The number of benzene rings is 1. The fraction of sp³-hybridized carbons (Fsp3) is 0.278. The van der Waals surface area contributed by atoms with Gasteiger partial charge in [0.05, 0.1) is 0 Å².